The molecule has 3 heteroatoms. The first-order valence-corrected chi connectivity index (χ1v) is 1.86. The summed E-state index contributed by atoms with van der Waals surface area (Å²) in [7, 11) is 0. The highest BCUT2D eigenvalue weighted by Crippen LogP contribution is 1.84. The predicted molar refractivity (Wildman–Crippen MR) is 23.0 cm³/mol. The number of rotatable bonds is 1. The van der Waals surface area contributed by atoms with E-state index in [2.05, 4.69) is 5.10 Å². The van der Waals surface area contributed by atoms with Crippen molar-refractivity contribution in [3.63, 3.8) is 0 Å². The van der Waals surface area contributed by atoms with Crippen molar-refractivity contribution >= 4 is 0 Å². The Labute approximate surface area is 40.6 Å². The molecule has 0 unspecified atom stereocenters. The number of nitrogens with zero attached hydrogens (tertiary/aromatic N) is 2. The van der Waals surface area contributed by atoms with Crippen molar-refractivity contribution in [3.05, 3.63) is 25.3 Å². The molecule has 2 nitrogen and oxygen atoms in total. The van der Waals surface area contributed by atoms with Gasteiger partial charge in [0.15, 0.2) is 0 Å². The molecule has 1 aromatic heterocycles. The summed E-state index contributed by atoms with van der Waals surface area (Å²) in [5, 5.41) is 3.52. The van der Waals surface area contributed by atoms with Crippen molar-refractivity contribution in [2.45, 2.75) is 0 Å². The zero-order chi connectivity index (χ0) is 5.11. The SMILES string of the molecule is F[CH-]n1cccn1. The molecule has 1 aromatic rings. The first kappa shape index (κ1) is 4.18. The molecule has 0 amide bonds. The minimum Gasteiger partial charge on any atom is -0.377 e. The van der Waals surface area contributed by atoms with Gasteiger partial charge in [0.1, 0.15) is 0 Å². The average molecular weight is 99.1 g/mol. The van der Waals surface area contributed by atoms with E-state index in [0.717, 1.165) is 4.68 Å². The minimum atomic E-state index is 0.389. The van der Waals surface area contributed by atoms with Crippen LogP contribution in [0.1, 0.15) is 0 Å². The Kier molecular flexibility index (Phi) is 0.978. The standard InChI is InChI=1S/C4H4FN2/c5-4-7-3-1-2-6-7/h1-4H/q-1. The van der Waals surface area contributed by atoms with E-state index in [4.69, 9.17) is 0 Å². The van der Waals surface area contributed by atoms with Crippen LogP contribution in [0.3, 0.4) is 0 Å². The normalized spacial score (nSPS) is 8.71. The van der Waals surface area contributed by atoms with Gasteiger partial charge in [0, 0.05) is 13.0 Å². The van der Waals surface area contributed by atoms with Gasteiger partial charge in [-0.25, -0.2) is 5.10 Å². The predicted octanol–water partition coefficient (Wildman–Crippen LogP) is 0.820. The molecular weight excluding hydrogens is 95.1 g/mol. The highest BCUT2D eigenvalue weighted by atomic mass is 19.1. The fraction of sp³-hybridized carbons (Fsp3) is 0. The fourth-order valence-corrected chi connectivity index (χ4v) is 0.338. The van der Waals surface area contributed by atoms with Crippen molar-refractivity contribution in [1.82, 2.24) is 9.78 Å². The molecule has 38 valence electrons. The van der Waals surface area contributed by atoms with Crippen LogP contribution in [0.25, 0.3) is 0 Å². The van der Waals surface area contributed by atoms with E-state index < -0.39 is 0 Å². The summed E-state index contributed by atoms with van der Waals surface area (Å²) in [5.41, 5.74) is 0. The third-order valence-electron chi connectivity index (χ3n) is 0.625. The van der Waals surface area contributed by atoms with E-state index in [-0.39, 0.29) is 0 Å². The van der Waals surface area contributed by atoms with Gasteiger partial charge < -0.3 is 9.07 Å². The van der Waals surface area contributed by atoms with Gasteiger partial charge in [0.25, 0.3) is 0 Å². The molecule has 0 spiro atoms. The molecule has 0 saturated heterocycles. The maximum absolute atomic E-state index is 11.3. The number of aromatic nitrogens is 2. The Morgan fingerprint density at radius 2 is 2.57 bits per heavy atom. The topological polar surface area (TPSA) is 17.8 Å². The van der Waals surface area contributed by atoms with Crippen LogP contribution in [0.4, 0.5) is 4.39 Å². The molecule has 0 aromatic carbocycles. The van der Waals surface area contributed by atoms with Crippen molar-refractivity contribution in [1.29, 1.82) is 0 Å². The lowest BCUT2D eigenvalue weighted by Crippen LogP contribution is -1.87. The van der Waals surface area contributed by atoms with Gasteiger partial charge in [-0.1, -0.05) is 0 Å². The quantitative estimate of drug-likeness (QED) is 0.476. The van der Waals surface area contributed by atoms with Crippen LogP contribution >= 0.6 is 0 Å². The first-order chi connectivity index (χ1) is 3.43. The molecule has 1 heterocycles. The molecule has 0 fully saturated rings. The largest absolute Gasteiger partial charge is 0.377 e. The van der Waals surface area contributed by atoms with Crippen molar-refractivity contribution < 1.29 is 4.39 Å². The monoisotopic (exact) mass is 99.0 g/mol. The summed E-state index contributed by atoms with van der Waals surface area (Å²) in [6.45, 7) is 0.389. The Morgan fingerprint density at radius 3 is 2.86 bits per heavy atom. The molecule has 0 N–H and O–H groups in total. The maximum atomic E-state index is 11.3. The minimum absolute atomic E-state index is 0.389. The number of halogens is 1. The van der Waals surface area contributed by atoms with E-state index in [1.165, 1.54) is 12.4 Å². The molecule has 0 aliphatic heterocycles. The lowest BCUT2D eigenvalue weighted by Gasteiger charge is -1.96. The molecule has 0 aliphatic carbocycles. The second-order valence-electron chi connectivity index (χ2n) is 1.08. The van der Waals surface area contributed by atoms with Gasteiger partial charge in [-0.15, -0.1) is 12.3 Å². The zero-order valence-corrected chi connectivity index (χ0v) is 3.58. The van der Waals surface area contributed by atoms with Crippen LogP contribution in [-0.4, -0.2) is 9.78 Å². The summed E-state index contributed by atoms with van der Waals surface area (Å²) < 4.78 is 12.4. The molecule has 7 heavy (non-hydrogen) atoms. The highest BCUT2D eigenvalue weighted by Gasteiger charge is 1.69. The molecule has 0 saturated carbocycles. The number of hydrogen-bond acceptors (Lipinski definition) is 1. The maximum Gasteiger partial charge on any atom is 0.0282 e. The average Bonchev–Trinajstić information content (AvgIpc) is 2.14. The molecule has 0 radical (unpaired) electrons. The molecular formula is C4H4FN2-. The third kappa shape index (κ3) is 0.707. The summed E-state index contributed by atoms with van der Waals surface area (Å²) in [6, 6.07) is 1.65. The smallest absolute Gasteiger partial charge is 0.0282 e. The second kappa shape index (κ2) is 1.64. The second-order valence-corrected chi connectivity index (χ2v) is 1.08. The van der Waals surface area contributed by atoms with Gasteiger partial charge in [-0.3, -0.25) is 0 Å². The Morgan fingerprint density at radius 1 is 1.71 bits per heavy atom. The summed E-state index contributed by atoms with van der Waals surface area (Å²) in [6.07, 6.45) is 3.02. The van der Waals surface area contributed by atoms with Gasteiger partial charge >= 0.3 is 0 Å². The van der Waals surface area contributed by atoms with E-state index in [0.29, 0.717) is 6.80 Å². The summed E-state index contributed by atoms with van der Waals surface area (Å²) >= 11 is 0. The molecule has 0 bridgehead atoms. The Balaban J connectivity index is 2.76. The Bertz CT molecular complexity index is 124. The van der Waals surface area contributed by atoms with Crippen molar-refractivity contribution in [3.8, 4) is 0 Å². The summed E-state index contributed by atoms with van der Waals surface area (Å²) in [5.74, 6) is 0. The van der Waals surface area contributed by atoms with Crippen LogP contribution in [0, 0.1) is 6.80 Å². The fourth-order valence-electron chi connectivity index (χ4n) is 0.338. The van der Waals surface area contributed by atoms with Crippen LogP contribution in [0.15, 0.2) is 18.5 Å². The lowest BCUT2D eigenvalue weighted by molar-refractivity contribution is 0.521. The highest BCUT2D eigenvalue weighted by molar-refractivity contribution is 4.79. The van der Waals surface area contributed by atoms with Gasteiger partial charge in [-0.2, -0.15) is 0 Å². The summed E-state index contributed by atoms with van der Waals surface area (Å²) in [4.78, 5) is 0. The zero-order valence-electron chi connectivity index (χ0n) is 3.58. The lowest BCUT2D eigenvalue weighted by atomic mass is 10.8. The molecule has 0 aliphatic rings. The third-order valence-corrected chi connectivity index (χ3v) is 0.625. The molecule has 1 rings (SSSR count). The van der Waals surface area contributed by atoms with Gasteiger partial charge in [-0.05, 0) is 0 Å². The Hall–Kier alpha value is -0.990. The number of hydrogen-bond donors (Lipinski definition) is 0. The van der Waals surface area contributed by atoms with Crippen LogP contribution in [0.2, 0.25) is 0 Å². The van der Waals surface area contributed by atoms with Crippen LogP contribution < -0.4 is 0 Å². The van der Waals surface area contributed by atoms with E-state index in [1.54, 1.807) is 6.07 Å². The van der Waals surface area contributed by atoms with Crippen LogP contribution in [0.5, 0.6) is 0 Å². The van der Waals surface area contributed by atoms with Crippen molar-refractivity contribution in [2.24, 2.45) is 0 Å². The van der Waals surface area contributed by atoms with Gasteiger partial charge in [0.2, 0.25) is 0 Å². The first-order valence-electron chi connectivity index (χ1n) is 1.86. The molecule has 0 atom stereocenters. The van der Waals surface area contributed by atoms with E-state index >= 15 is 0 Å². The van der Waals surface area contributed by atoms with E-state index in [9.17, 15) is 4.39 Å². The van der Waals surface area contributed by atoms with Crippen molar-refractivity contribution in [2.75, 3.05) is 0 Å². The van der Waals surface area contributed by atoms with E-state index in [1.807, 2.05) is 0 Å². The van der Waals surface area contributed by atoms with Crippen LogP contribution in [-0.2, 0) is 0 Å². The van der Waals surface area contributed by atoms with Gasteiger partial charge in [0.05, 0.1) is 0 Å².